The van der Waals surface area contributed by atoms with Crippen molar-refractivity contribution in [2.45, 2.75) is 64.3 Å². The Kier molecular flexibility index (Phi) is 8.10. The molecule has 2 saturated carbocycles. The molecule has 0 bridgehead atoms. The number of aliphatic carboxylic acids is 1. The Bertz CT molecular complexity index is 1170. The minimum Gasteiger partial charge on any atom is -0.480 e. The van der Waals surface area contributed by atoms with Crippen LogP contribution in [0.4, 0.5) is 5.69 Å². The highest BCUT2D eigenvalue weighted by Crippen LogP contribution is 2.51. The van der Waals surface area contributed by atoms with E-state index in [-0.39, 0.29) is 33.7 Å². The van der Waals surface area contributed by atoms with E-state index in [0.29, 0.717) is 12.1 Å². The number of carboxylic acids is 1. The van der Waals surface area contributed by atoms with Gasteiger partial charge in [-0.05, 0) is 37.0 Å². The summed E-state index contributed by atoms with van der Waals surface area (Å²) in [6.45, 7) is 2.03. The number of halogens is 2. The molecule has 9 heteroatoms. The van der Waals surface area contributed by atoms with Crippen LogP contribution in [0.15, 0.2) is 41.7 Å². The van der Waals surface area contributed by atoms with E-state index in [4.69, 9.17) is 28.2 Å². The molecule has 2 N–H and O–H groups in total. The van der Waals surface area contributed by atoms with Crippen LogP contribution in [0.5, 0.6) is 0 Å². The predicted molar refractivity (Wildman–Crippen MR) is 140 cm³/mol. The zero-order valence-corrected chi connectivity index (χ0v) is 21.6. The van der Waals surface area contributed by atoms with Crippen molar-refractivity contribution in [2.24, 2.45) is 16.3 Å². The topological polar surface area (TPSA) is 109 Å². The van der Waals surface area contributed by atoms with Gasteiger partial charge in [0, 0.05) is 30.2 Å². The standard InChI is InChI=1S/C27H29Cl2N3O4/c1-2-6-18-23(27(24(18)33)11-4-3-5-12-27)32-21(26(35)36)13-16-7-9-17(10-8-16)31-25(34)22-19(28)14-30-15-20(22)29/h7-10,14-15,18,21H,2-6,11-13H2,1H3,(H,31,34)(H,35,36). The molecule has 0 saturated heterocycles. The molecular formula is C27H29Cl2N3O4. The molecule has 7 nitrogen and oxygen atoms in total. The van der Waals surface area contributed by atoms with Crippen LogP contribution in [-0.4, -0.2) is 39.5 Å². The molecule has 2 aliphatic rings. The van der Waals surface area contributed by atoms with E-state index in [9.17, 15) is 19.5 Å². The summed E-state index contributed by atoms with van der Waals surface area (Å²) in [7, 11) is 0. The normalized spacial score (nSPS) is 20.7. The summed E-state index contributed by atoms with van der Waals surface area (Å²) in [6, 6.07) is 5.93. The maximum atomic E-state index is 13.0. The first-order valence-corrected chi connectivity index (χ1v) is 13.1. The number of amides is 1. The fourth-order valence-electron chi connectivity index (χ4n) is 5.39. The average molecular weight is 530 g/mol. The summed E-state index contributed by atoms with van der Waals surface area (Å²) in [5, 5.41) is 13.0. The van der Waals surface area contributed by atoms with Gasteiger partial charge in [0.15, 0.2) is 11.8 Å². The zero-order valence-electron chi connectivity index (χ0n) is 20.1. The Morgan fingerprint density at radius 2 is 1.78 bits per heavy atom. The lowest BCUT2D eigenvalue weighted by Crippen LogP contribution is -2.60. The minimum atomic E-state index is -1.01. The monoisotopic (exact) mass is 529 g/mol. The number of nitrogens with zero attached hydrogens (tertiary/aromatic N) is 2. The number of carbonyl (C=O) groups is 3. The molecule has 36 heavy (non-hydrogen) atoms. The van der Waals surface area contributed by atoms with E-state index in [2.05, 4.69) is 10.3 Å². The average Bonchev–Trinajstić information content (AvgIpc) is 2.86. The smallest absolute Gasteiger partial charge is 0.328 e. The quantitative estimate of drug-likeness (QED) is 0.434. The van der Waals surface area contributed by atoms with Crippen LogP contribution in [0.3, 0.4) is 0 Å². The molecule has 4 rings (SSSR count). The number of ketones is 1. The second kappa shape index (κ2) is 11.1. The van der Waals surface area contributed by atoms with Crippen LogP contribution in [0.1, 0.15) is 67.8 Å². The van der Waals surface area contributed by atoms with Crippen LogP contribution in [0, 0.1) is 11.3 Å². The number of benzene rings is 1. The van der Waals surface area contributed by atoms with Crippen molar-refractivity contribution in [1.82, 2.24) is 4.98 Å². The zero-order chi connectivity index (χ0) is 25.9. The second-order valence-corrected chi connectivity index (χ2v) is 10.4. The van der Waals surface area contributed by atoms with Gasteiger partial charge in [0.2, 0.25) is 0 Å². The van der Waals surface area contributed by atoms with Crippen LogP contribution in [0.2, 0.25) is 10.0 Å². The van der Waals surface area contributed by atoms with Gasteiger partial charge in [0.05, 0.1) is 26.9 Å². The van der Waals surface area contributed by atoms with Gasteiger partial charge in [-0.25, -0.2) is 4.79 Å². The number of nitrogens with one attached hydrogen (secondary N) is 1. The first kappa shape index (κ1) is 26.3. The maximum Gasteiger partial charge on any atom is 0.328 e. The Labute approximate surface area is 220 Å². The fraction of sp³-hybridized carbons (Fsp3) is 0.444. The minimum absolute atomic E-state index is 0.132. The maximum absolute atomic E-state index is 13.0. The molecule has 2 aliphatic carbocycles. The lowest BCUT2D eigenvalue weighted by atomic mass is 9.52. The molecule has 2 unspecified atom stereocenters. The van der Waals surface area contributed by atoms with Crippen LogP contribution < -0.4 is 5.32 Å². The highest BCUT2D eigenvalue weighted by atomic mass is 35.5. The van der Waals surface area contributed by atoms with E-state index in [1.54, 1.807) is 24.3 Å². The number of carboxylic acid groups (broad SMARTS) is 1. The summed E-state index contributed by atoms with van der Waals surface area (Å²) in [6.07, 6.45) is 9.05. The van der Waals surface area contributed by atoms with Crippen LogP contribution in [0.25, 0.3) is 0 Å². The number of aliphatic imine (C=N–C) groups is 1. The Morgan fingerprint density at radius 1 is 1.14 bits per heavy atom. The molecule has 0 aliphatic heterocycles. The van der Waals surface area contributed by atoms with E-state index >= 15 is 0 Å². The Morgan fingerprint density at radius 3 is 2.36 bits per heavy atom. The first-order valence-electron chi connectivity index (χ1n) is 12.3. The van der Waals surface area contributed by atoms with Gasteiger partial charge in [-0.3, -0.25) is 19.6 Å². The van der Waals surface area contributed by atoms with Crippen molar-refractivity contribution in [3.63, 3.8) is 0 Å². The molecule has 1 aromatic heterocycles. The summed E-state index contributed by atoms with van der Waals surface area (Å²) in [5.41, 5.74) is 1.67. The van der Waals surface area contributed by atoms with Crippen molar-refractivity contribution in [3.05, 3.63) is 57.8 Å². The molecule has 1 heterocycles. The molecule has 1 aromatic carbocycles. The van der Waals surface area contributed by atoms with E-state index in [1.165, 1.54) is 12.4 Å². The van der Waals surface area contributed by atoms with Crippen molar-refractivity contribution in [1.29, 1.82) is 0 Å². The molecule has 190 valence electrons. The number of aromatic nitrogens is 1. The van der Waals surface area contributed by atoms with E-state index in [1.807, 2.05) is 6.92 Å². The summed E-state index contributed by atoms with van der Waals surface area (Å²) >= 11 is 12.1. The molecule has 2 aromatic rings. The summed E-state index contributed by atoms with van der Waals surface area (Å²) in [4.78, 5) is 46.4. The molecular weight excluding hydrogens is 501 g/mol. The SMILES string of the molecule is CCCC1C(=O)C2(CCCCC2)C1=NC(Cc1ccc(NC(=O)c2c(Cl)cncc2Cl)cc1)C(=O)O. The fourth-order valence-corrected chi connectivity index (χ4v) is 5.93. The highest BCUT2D eigenvalue weighted by Gasteiger charge is 2.58. The third-order valence-corrected chi connectivity index (χ3v) is 7.77. The summed E-state index contributed by atoms with van der Waals surface area (Å²) < 4.78 is 0. The molecule has 1 amide bonds. The van der Waals surface area contributed by atoms with E-state index in [0.717, 1.165) is 49.8 Å². The third kappa shape index (κ3) is 5.18. The van der Waals surface area contributed by atoms with E-state index < -0.39 is 23.3 Å². The third-order valence-electron chi connectivity index (χ3n) is 7.19. The number of anilines is 1. The lowest BCUT2D eigenvalue weighted by Gasteiger charge is -2.50. The second-order valence-electron chi connectivity index (χ2n) is 9.55. The van der Waals surface area contributed by atoms with Crippen molar-refractivity contribution >= 4 is 52.3 Å². The van der Waals surface area contributed by atoms with Gasteiger partial charge in [-0.1, -0.05) is 67.9 Å². The number of rotatable bonds is 8. The van der Waals surface area contributed by atoms with Gasteiger partial charge in [0.1, 0.15) is 0 Å². The number of Topliss-reactive ketones (excluding diaryl/α,β-unsaturated/α-hetero) is 1. The van der Waals surface area contributed by atoms with Crippen LogP contribution in [-0.2, 0) is 16.0 Å². The van der Waals surface area contributed by atoms with Crippen molar-refractivity contribution < 1.29 is 19.5 Å². The first-order chi connectivity index (χ1) is 17.3. The van der Waals surface area contributed by atoms with Gasteiger partial charge in [-0.2, -0.15) is 0 Å². The van der Waals surface area contributed by atoms with Gasteiger partial charge in [-0.15, -0.1) is 0 Å². The van der Waals surface area contributed by atoms with Crippen molar-refractivity contribution in [2.75, 3.05) is 5.32 Å². The highest BCUT2D eigenvalue weighted by molar-refractivity contribution is 6.40. The van der Waals surface area contributed by atoms with Crippen molar-refractivity contribution in [3.8, 4) is 0 Å². The predicted octanol–water partition coefficient (Wildman–Crippen LogP) is 6.03. The molecule has 0 radical (unpaired) electrons. The molecule has 2 atom stereocenters. The molecule has 2 fully saturated rings. The van der Waals surface area contributed by atoms with Crippen LogP contribution >= 0.6 is 23.2 Å². The summed E-state index contributed by atoms with van der Waals surface area (Å²) in [5.74, 6) is -1.48. The Balaban J connectivity index is 1.50. The number of pyridine rings is 1. The number of hydrogen-bond acceptors (Lipinski definition) is 5. The number of carbonyl (C=O) groups excluding carboxylic acids is 2. The van der Waals surface area contributed by atoms with Gasteiger partial charge < -0.3 is 10.4 Å². The number of hydrogen-bond donors (Lipinski definition) is 2. The molecule has 1 spiro atoms. The van der Waals surface area contributed by atoms with Gasteiger partial charge >= 0.3 is 5.97 Å². The Hall–Kier alpha value is -2.77. The van der Waals surface area contributed by atoms with Gasteiger partial charge in [0.25, 0.3) is 5.91 Å². The lowest BCUT2D eigenvalue weighted by molar-refractivity contribution is -0.139. The largest absolute Gasteiger partial charge is 0.480 e.